The lowest BCUT2D eigenvalue weighted by Gasteiger charge is -2.29. The number of hydrogen-bond donors (Lipinski definition) is 1. The fourth-order valence-electron chi connectivity index (χ4n) is 3.14. The third kappa shape index (κ3) is 5.97. The molecule has 2 aromatic rings. The molecule has 0 spiro atoms. The zero-order valence-electron chi connectivity index (χ0n) is 17.7. The van der Waals surface area contributed by atoms with Crippen LogP contribution in [-0.4, -0.2) is 33.7 Å². The molecular formula is C22H30N2O4S. The first-order valence-corrected chi connectivity index (χ1v) is 11.6. The van der Waals surface area contributed by atoms with Gasteiger partial charge < -0.3 is 10.1 Å². The van der Waals surface area contributed by atoms with Crippen molar-refractivity contribution in [1.82, 2.24) is 0 Å². The average Bonchev–Trinajstić information content (AvgIpc) is 2.66. The lowest BCUT2D eigenvalue weighted by atomic mass is 10.1. The molecule has 2 rings (SSSR count). The molecule has 6 nitrogen and oxygen atoms in total. The van der Waals surface area contributed by atoms with Crippen LogP contribution in [0, 0.1) is 6.92 Å². The quantitative estimate of drug-likeness (QED) is 0.664. The molecule has 29 heavy (non-hydrogen) atoms. The summed E-state index contributed by atoms with van der Waals surface area (Å²) in [6, 6.07) is 11.9. The van der Waals surface area contributed by atoms with E-state index >= 15 is 0 Å². The van der Waals surface area contributed by atoms with Crippen LogP contribution in [0.5, 0.6) is 5.75 Å². The molecule has 0 aliphatic heterocycles. The average molecular weight is 419 g/mol. The Hall–Kier alpha value is -2.54. The van der Waals surface area contributed by atoms with E-state index in [-0.39, 0.29) is 0 Å². The van der Waals surface area contributed by atoms with Gasteiger partial charge in [0, 0.05) is 5.69 Å². The standard InChI is InChI=1S/C22H30N2O4S/c1-6-7-8-18-10-12-19(13-11-18)23-22(25)17(3)24(29(5,26)27)20-15-16(2)9-14-21(20)28-4/h9-15,17H,6-8H2,1-5H3,(H,23,25)/t17-/m0/s1. The molecule has 0 aliphatic rings. The van der Waals surface area contributed by atoms with Crippen molar-refractivity contribution >= 4 is 27.3 Å². The van der Waals surface area contributed by atoms with Crippen LogP contribution in [-0.2, 0) is 21.2 Å². The summed E-state index contributed by atoms with van der Waals surface area (Å²) in [5.74, 6) is -0.0266. The Morgan fingerprint density at radius 1 is 1.17 bits per heavy atom. The molecule has 0 saturated carbocycles. The number of benzene rings is 2. The first-order valence-electron chi connectivity index (χ1n) is 9.71. The van der Waals surface area contributed by atoms with Crippen molar-refractivity contribution < 1.29 is 17.9 Å². The summed E-state index contributed by atoms with van der Waals surface area (Å²) in [7, 11) is -2.26. The summed E-state index contributed by atoms with van der Waals surface area (Å²) in [4.78, 5) is 12.9. The first-order chi connectivity index (χ1) is 13.7. The molecule has 0 aromatic heterocycles. The van der Waals surface area contributed by atoms with Crippen LogP contribution in [0.25, 0.3) is 0 Å². The highest BCUT2D eigenvalue weighted by atomic mass is 32.2. The molecule has 1 N–H and O–H groups in total. The number of ether oxygens (including phenoxy) is 1. The summed E-state index contributed by atoms with van der Waals surface area (Å²) < 4.78 is 31.5. The molecule has 0 unspecified atom stereocenters. The third-order valence-corrected chi connectivity index (χ3v) is 5.93. The van der Waals surface area contributed by atoms with Crippen molar-refractivity contribution in [2.24, 2.45) is 0 Å². The van der Waals surface area contributed by atoms with Gasteiger partial charge in [-0.2, -0.15) is 0 Å². The van der Waals surface area contributed by atoms with Crippen molar-refractivity contribution in [2.75, 3.05) is 23.0 Å². The van der Waals surface area contributed by atoms with Crippen molar-refractivity contribution in [3.63, 3.8) is 0 Å². The van der Waals surface area contributed by atoms with Gasteiger partial charge in [0.05, 0.1) is 19.1 Å². The third-order valence-electron chi connectivity index (χ3n) is 4.70. The molecular weight excluding hydrogens is 388 g/mol. The van der Waals surface area contributed by atoms with E-state index in [1.54, 1.807) is 19.1 Å². The Labute approximate surface area is 173 Å². The number of hydrogen-bond acceptors (Lipinski definition) is 4. The van der Waals surface area contributed by atoms with Gasteiger partial charge in [-0.15, -0.1) is 0 Å². The second-order valence-corrected chi connectivity index (χ2v) is 9.06. The number of rotatable bonds is 9. The largest absolute Gasteiger partial charge is 0.495 e. The van der Waals surface area contributed by atoms with Crippen LogP contribution in [0.2, 0.25) is 0 Å². The predicted octanol–water partition coefficient (Wildman–Crippen LogP) is 4.14. The Kier molecular flexibility index (Phi) is 7.67. The Morgan fingerprint density at radius 3 is 2.38 bits per heavy atom. The molecule has 0 bridgehead atoms. The highest BCUT2D eigenvalue weighted by molar-refractivity contribution is 7.92. The molecule has 0 saturated heterocycles. The fraction of sp³-hybridized carbons (Fsp3) is 0.409. The summed E-state index contributed by atoms with van der Waals surface area (Å²) >= 11 is 0. The molecule has 1 amide bonds. The lowest BCUT2D eigenvalue weighted by Crippen LogP contribution is -2.45. The van der Waals surface area contributed by atoms with Gasteiger partial charge in [-0.1, -0.05) is 31.5 Å². The first kappa shape index (κ1) is 22.7. The van der Waals surface area contributed by atoms with E-state index in [0.717, 1.165) is 35.4 Å². The van der Waals surface area contributed by atoms with E-state index in [0.29, 0.717) is 17.1 Å². The molecule has 0 aliphatic carbocycles. The van der Waals surface area contributed by atoms with E-state index in [1.165, 1.54) is 12.7 Å². The number of sulfonamides is 1. The van der Waals surface area contributed by atoms with Crippen molar-refractivity contribution in [3.05, 3.63) is 53.6 Å². The minimum atomic E-state index is -3.73. The summed E-state index contributed by atoms with van der Waals surface area (Å²) in [5.41, 5.74) is 3.05. The highest BCUT2D eigenvalue weighted by Gasteiger charge is 2.31. The molecule has 0 heterocycles. The molecule has 1 atom stereocenters. The topological polar surface area (TPSA) is 75.7 Å². The van der Waals surface area contributed by atoms with Gasteiger partial charge in [-0.25, -0.2) is 8.42 Å². The zero-order valence-corrected chi connectivity index (χ0v) is 18.5. The van der Waals surface area contributed by atoms with Gasteiger partial charge >= 0.3 is 0 Å². The number of anilines is 2. The minimum absolute atomic E-state index is 0.340. The van der Waals surface area contributed by atoms with Crippen LogP contribution in [0.1, 0.15) is 37.8 Å². The van der Waals surface area contributed by atoms with E-state index in [2.05, 4.69) is 12.2 Å². The number of unbranched alkanes of at least 4 members (excludes halogenated alkanes) is 1. The number of aryl methyl sites for hydroxylation is 2. The number of nitrogens with one attached hydrogen (secondary N) is 1. The van der Waals surface area contributed by atoms with Crippen LogP contribution in [0.3, 0.4) is 0 Å². The lowest BCUT2D eigenvalue weighted by molar-refractivity contribution is -0.116. The van der Waals surface area contributed by atoms with E-state index in [4.69, 9.17) is 4.74 Å². The highest BCUT2D eigenvalue weighted by Crippen LogP contribution is 2.32. The Morgan fingerprint density at radius 2 is 1.83 bits per heavy atom. The van der Waals surface area contributed by atoms with Crippen molar-refractivity contribution in [1.29, 1.82) is 0 Å². The zero-order chi connectivity index (χ0) is 21.6. The second-order valence-electron chi connectivity index (χ2n) is 7.20. The number of methoxy groups -OCH3 is 1. The van der Waals surface area contributed by atoms with Gasteiger partial charge in [0.2, 0.25) is 15.9 Å². The summed E-state index contributed by atoms with van der Waals surface area (Å²) in [6.45, 7) is 5.56. The maximum absolute atomic E-state index is 12.9. The fourth-order valence-corrected chi connectivity index (χ4v) is 4.31. The van der Waals surface area contributed by atoms with Gasteiger partial charge in [0.1, 0.15) is 11.8 Å². The van der Waals surface area contributed by atoms with E-state index in [1.807, 2.05) is 37.3 Å². The molecule has 158 valence electrons. The molecule has 0 radical (unpaired) electrons. The second kappa shape index (κ2) is 9.78. The predicted molar refractivity (Wildman–Crippen MR) is 118 cm³/mol. The molecule has 7 heteroatoms. The van der Waals surface area contributed by atoms with Crippen LogP contribution >= 0.6 is 0 Å². The normalized spacial score (nSPS) is 12.3. The van der Waals surface area contributed by atoms with Crippen molar-refractivity contribution in [3.8, 4) is 5.75 Å². The number of nitrogens with zero attached hydrogens (tertiary/aromatic N) is 1. The van der Waals surface area contributed by atoms with Gasteiger partial charge in [0.15, 0.2) is 0 Å². The SMILES string of the molecule is CCCCc1ccc(NC(=O)[C@H](C)N(c2cc(C)ccc2OC)S(C)(=O)=O)cc1. The van der Waals surface area contributed by atoms with Crippen molar-refractivity contribution in [2.45, 2.75) is 46.1 Å². The smallest absolute Gasteiger partial charge is 0.247 e. The monoisotopic (exact) mass is 418 g/mol. The molecule has 2 aromatic carbocycles. The number of carbonyl (C=O) groups excluding carboxylic acids is 1. The number of carbonyl (C=O) groups is 1. The van der Waals surface area contributed by atoms with Gasteiger partial charge in [0.25, 0.3) is 0 Å². The maximum atomic E-state index is 12.9. The Balaban J connectivity index is 2.27. The van der Waals surface area contributed by atoms with E-state index < -0.39 is 22.0 Å². The Bertz CT molecular complexity index is 940. The molecule has 0 fully saturated rings. The van der Waals surface area contributed by atoms with Crippen LogP contribution in [0.4, 0.5) is 11.4 Å². The van der Waals surface area contributed by atoms with Crippen LogP contribution in [0.15, 0.2) is 42.5 Å². The summed E-state index contributed by atoms with van der Waals surface area (Å²) in [6.07, 6.45) is 4.32. The minimum Gasteiger partial charge on any atom is -0.495 e. The van der Waals surface area contributed by atoms with Crippen LogP contribution < -0.4 is 14.4 Å². The summed E-state index contributed by atoms with van der Waals surface area (Å²) in [5, 5.41) is 2.81. The van der Waals surface area contributed by atoms with Gasteiger partial charge in [-0.05, 0) is 62.1 Å². The number of amides is 1. The maximum Gasteiger partial charge on any atom is 0.247 e. The van der Waals surface area contributed by atoms with Gasteiger partial charge in [-0.3, -0.25) is 9.10 Å². The van der Waals surface area contributed by atoms with E-state index in [9.17, 15) is 13.2 Å².